The minimum atomic E-state index is -3.86. The van der Waals surface area contributed by atoms with E-state index in [4.69, 9.17) is 9.47 Å². The zero-order chi connectivity index (χ0) is 23.3. The maximum absolute atomic E-state index is 13.2. The molecule has 1 amide bonds. The molecule has 0 bridgehead atoms. The lowest BCUT2D eigenvalue weighted by Gasteiger charge is -2.27. The van der Waals surface area contributed by atoms with Crippen molar-refractivity contribution in [2.24, 2.45) is 0 Å². The summed E-state index contributed by atoms with van der Waals surface area (Å²) in [6, 6.07) is 13.5. The van der Waals surface area contributed by atoms with Crippen molar-refractivity contribution in [1.82, 2.24) is 24.4 Å². The van der Waals surface area contributed by atoms with Crippen LogP contribution in [0.5, 0.6) is 5.75 Å². The van der Waals surface area contributed by atoms with E-state index in [0.717, 1.165) is 5.56 Å². The first-order valence-corrected chi connectivity index (χ1v) is 11.9. The van der Waals surface area contributed by atoms with E-state index in [1.807, 2.05) is 30.3 Å². The number of amides is 1. The van der Waals surface area contributed by atoms with Gasteiger partial charge in [-0.2, -0.15) is 9.40 Å². The molecule has 33 heavy (non-hydrogen) atoms. The van der Waals surface area contributed by atoms with Gasteiger partial charge in [0.05, 0.1) is 32.9 Å². The molecule has 0 aliphatic carbocycles. The Hall–Kier alpha value is -3.28. The second-order valence-corrected chi connectivity index (χ2v) is 9.34. The van der Waals surface area contributed by atoms with Gasteiger partial charge in [-0.05, 0) is 23.8 Å². The molecular formula is C22H25N5O5S. The van der Waals surface area contributed by atoms with Gasteiger partial charge in [-0.3, -0.25) is 9.48 Å². The fraction of sp³-hybridized carbons (Fsp3) is 0.318. The van der Waals surface area contributed by atoms with Crippen molar-refractivity contribution in [3.05, 3.63) is 72.3 Å². The van der Waals surface area contributed by atoms with Crippen LogP contribution >= 0.6 is 0 Å². The molecule has 0 saturated carbocycles. The zero-order valence-corrected chi connectivity index (χ0v) is 18.9. The number of sulfonamides is 1. The predicted octanol–water partition coefficient (Wildman–Crippen LogP) is 1.48. The molecule has 1 fully saturated rings. The highest BCUT2D eigenvalue weighted by Crippen LogP contribution is 2.29. The predicted molar refractivity (Wildman–Crippen MR) is 119 cm³/mol. The summed E-state index contributed by atoms with van der Waals surface area (Å²) >= 11 is 0. The van der Waals surface area contributed by atoms with Crippen molar-refractivity contribution in [3.63, 3.8) is 0 Å². The number of carbonyl (C=O) groups is 1. The number of aromatic nitrogens is 3. The molecule has 10 nitrogen and oxygen atoms in total. The van der Waals surface area contributed by atoms with Crippen molar-refractivity contribution >= 4 is 15.9 Å². The van der Waals surface area contributed by atoms with Crippen LogP contribution in [0.2, 0.25) is 0 Å². The molecule has 1 unspecified atom stereocenters. The molecule has 0 spiro atoms. The van der Waals surface area contributed by atoms with Gasteiger partial charge in [0.25, 0.3) is 5.91 Å². The van der Waals surface area contributed by atoms with E-state index in [0.29, 0.717) is 19.8 Å². The Morgan fingerprint density at radius 3 is 2.61 bits per heavy atom. The van der Waals surface area contributed by atoms with Crippen LogP contribution in [0.1, 0.15) is 22.0 Å². The number of carbonyl (C=O) groups excluding carboxylic acids is 1. The highest BCUT2D eigenvalue weighted by molar-refractivity contribution is 7.89. The fourth-order valence-corrected chi connectivity index (χ4v) is 5.21. The van der Waals surface area contributed by atoms with Crippen LogP contribution in [0, 0.1) is 0 Å². The highest BCUT2D eigenvalue weighted by Gasteiger charge is 2.30. The van der Waals surface area contributed by atoms with Crippen molar-refractivity contribution in [1.29, 1.82) is 0 Å². The minimum Gasteiger partial charge on any atom is -0.495 e. The Labute approximate surface area is 192 Å². The van der Waals surface area contributed by atoms with Crippen molar-refractivity contribution in [2.45, 2.75) is 17.5 Å². The summed E-state index contributed by atoms with van der Waals surface area (Å²) in [6.07, 6.45) is 3.00. The molecule has 1 aliphatic rings. The van der Waals surface area contributed by atoms with Gasteiger partial charge in [0.15, 0.2) is 0 Å². The quantitative estimate of drug-likeness (QED) is 0.529. The molecular weight excluding hydrogens is 446 g/mol. The number of nitrogens with one attached hydrogen (secondary N) is 1. The lowest BCUT2D eigenvalue weighted by Crippen LogP contribution is -2.40. The van der Waals surface area contributed by atoms with Gasteiger partial charge >= 0.3 is 0 Å². The summed E-state index contributed by atoms with van der Waals surface area (Å²) in [4.78, 5) is 17.1. The summed E-state index contributed by atoms with van der Waals surface area (Å²) in [6.45, 7) is 1.50. The molecule has 4 rings (SSSR count). The third-order valence-corrected chi connectivity index (χ3v) is 7.28. The molecule has 1 saturated heterocycles. The largest absolute Gasteiger partial charge is 0.495 e. The lowest BCUT2D eigenvalue weighted by atomic mass is 10.1. The third-order valence-electron chi connectivity index (χ3n) is 5.36. The second-order valence-electron chi connectivity index (χ2n) is 7.44. The average Bonchev–Trinajstić information content (AvgIpc) is 3.37. The van der Waals surface area contributed by atoms with E-state index in [1.54, 1.807) is 17.1 Å². The van der Waals surface area contributed by atoms with Crippen LogP contribution in [-0.4, -0.2) is 66.8 Å². The van der Waals surface area contributed by atoms with Crippen molar-refractivity contribution in [2.75, 3.05) is 33.4 Å². The molecule has 1 atom stereocenters. The first kappa shape index (κ1) is 22.9. The second kappa shape index (κ2) is 10.1. The van der Waals surface area contributed by atoms with Gasteiger partial charge in [-0.1, -0.05) is 30.3 Å². The minimum absolute atomic E-state index is 0.0490. The van der Waals surface area contributed by atoms with Gasteiger partial charge < -0.3 is 14.8 Å². The number of morpholine rings is 1. The SMILES string of the molecule is COc1ccc(C(=O)NC(Cn2cncn2)c2ccccc2)cc1S(=O)(=O)N1CCOCC1. The first-order valence-electron chi connectivity index (χ1n) is 10.4. The summed E-state index contributed by atoms with van der Waals surface area (Å²) < 4.78 is 40.0. The van der Waals surface area contributed by atoms with E-state index < -0.39 is 22.0 Å². The smallest absolute Gasteiger partial charge is 0.251 e. The topological polar surface area (TPSA) is 116 Å². The van der Waals surface area contributed by atoms with E-state index in [2.05, 4.69) is 15.4 Å². The van der Waals surface area contributed by atoms with Crippen LogP contribution in [0.25, 0.3) is 0 Å². The van der Waals surface area contributed by atoms with Crippen LogP contribution in [0.4, 0.5) is 0 Å². The molecule has 1 aliphatic heterocycles. The van der Waals surface area contributed by atoms with Crippen LogP contribution in [0.3, 0.4) is 0 Å². The maximum Gasteiger partial charge on any atom is 0.251 e. The van der Waals surface area contributed by atoms with Crippen molar-refractivity contribution < 1.29 is 22.7 Å². The average molecular weight is 472 g/mol. The molecule has 2 aromatic carbocycles. The Balaban J connectivity index is 1.62. The van der Waals surface area contributed by atoms with E-state index in [1.165, 1.54) is 29.9 Å². The number of hydrogen-bond donors (Lipinski definition) is 1. The number of ether oxygens (including phenoxy) is 2. The first-order chi connectivity index (χ1) is 16.0. The molecule has 11 heteroatoms. The molecule has 3 aromatic rings. The molecule has 0 radical (unpaired) electrons. The van der Waals surface area contributed by atoms with E-state index in [-0.39, 0.29) is 29.3 Å². The van der Waals surface area contributed by atoms with Crippen LogP contribution in [0.15, 0.2) is 66.1 Å². The number of nitrogens with zero attached hydrogens (tertiary/aromatic N) is 4. The molecule has 1 N–H and O–H groups in total. The summed E-state index contributed by atoms with van der Waals surface area (Å²) in [7, 11) is -2.46. The summed E-state index contributed by atoms with van der Waals surface area (Å²) in [5, 5.41) is 7.11. The lowest BCUT2D eigenvalue weighted by molar-refractivity contribution is 0.0729. The Morgan fingerprint density at radius 2 is 1.94 bits per heavy atom. The molecule has 174 valence electrons. The zero-order valence-electron chi connectivity index (χ0n) is 18.1. The Kier molecular flexibility index (Phi) is 7.02. The third kappa shape index (κ3) is 5.21. The Morgan fingerprint density at radius 1 is 1.18 bits per heavy atom. The Bertz CT molecular complexity index is 1180. The van der Waals surface area contributed by atoms with Gasteiger partial charge in [0.2, 0.25) is 10.0 Å². The van der Waals surface area contributed by atoms with Crippen LogP contribution in [-0.2, 0) is 21.3 Å². The number of benzene rings is 2. The highest BCUT2D eigenvalue weighted by atomic mass is 32.2. The number of rotatable bonds is 8. The summed E-state index contributed by atoms with van der Waals surface area (Å²) in [5.41, 5.74) is 1.10. The molecule has 1 aromatic heterocycles. The molecule has 2 heterocycles. The number of hydrogen-bond acceptors (Lipinski definition) is 7. The fourth-order valence-electron chi connectivity index (χ4n) is 3.62. The van der Waals surface area contributed by atoms with Gasteiger partial charge in [0, 0.05) is 18.7 Å². The van der Waals surface area contributed by atoms with Gasteiger partial charge in [-0.15, -0.1) is 0 Å². The van der Waals surface area contributed by atoms with Crippen molar-refractivity contribution in [3.8, 4) is 5.75 Å². The summed E-state index contributed by atoms with van der Waals surface area (Å²) in [5.74, 6) is -0.231. The van der Waals surface area contributed by atoms with Gasteiger partial charge in [-0.25, -0.2) is 13.4 Å². The monoisotopic (exact) mass is 471 g/mol. The normalized spacial score (nSPS) is 15.7. The maximum atomic E-state index is 13.2. The van der Waals surface area contributed by atoms with Gasteiger partial charge in [0.1, 0.15) is 23.3 Å². The standard InChI is InChI=1S/C22H25N5O5S/c1-31-20-8-7-18(13-21(20)33(29,30)27-9-11-32-12-10-27)22(28)25-19(14-26-16-23-15-24-26)17-5-3-2-4-6-17/h2-8,13,15-16,19H,9-12,14H2,1H3,(H,25,28). The van der Waals surface area contributed by atoms with E-state index >= 15 is 0 Å². The van der Waals surface area contributed by atoms with E-state index in [9.17, 15) is 13.2 Å². The number of methoxy groups -OCH3 is 1. The van der Waals surface area contributed by atoms with Crippen LogP contribution < -0.4 is 10.1 Å².